The molecule has 0 rings (SSSR count). The molecule has 2 N–H and O–H groups in total. The molecule has 2 amide bonds. The lowest BCUT2D eigenvalue weighted by Crippen LogP contribution is -2.42. The second kappa shape index (κ2) is 40.9. The lowest BCUT2D eigenvalue weighted by Gasteiger charge is -2.23. The predicted molar refractivity (Wildman–Crippen MR) is 232 cm³/mol. The Bertz CT molecular complexity index is 922. The summed E-state index contributed by atoms with van der Waals surface area (Å²) in [6.45, 7) is 13.1. The number of ether oxygens (including phenoxy) is 1. The van der Waals surface area contributed by atoms with Crippen LogP contribution in [0.5, 0.6) is 0 Å². The zero-order valence-electron chi connectivity index (χ0n) is 36.5. The number of hydrogen-bond donors (Lipinski definition) is 2. The van der Waals surface area contributed by atoms with Gasteiger partial charge >= 0.3 is 7.82 Å². The first kappa shape index (κ1) is 53.8. The maximum absolute atomic E-state index is 13.3. The minimum absolute atomic E-state index is 0.0258. The third kappa shape index (κ3) is 36.8. The maximum Gasteiger partial charge on any atom is 0.475 e. The first-order valence-corrected chi connectivity index (χ1v) is 24.6. The summed E-state index contributed by atoms with van der Waals surface area (Å²) in [5, 5.41) is 6.35. The Morgan fingerprint density at radius 2 is 0.945 bits per heavy atom. The first-order chi connectivity index (χ1) is 26.8. The molecule has 0 aromatic rings. The van der Waals surface area contributed by atoms with Gasteiger partial charge in [0.15, 0.2) is 0 Å². The van der Waals surface area contributed by atoms with E-state index in [1.165, 1.54) is 122 Å². The highest BCUT2D eigenvalue weighted by Crippen LogP contribution is 2.49. The molecule has 0 aliphatic rings. The van der Waals surface area contributed by atoms with E-state index in [1.54, 1.807) is 0 Å². The molecule has 0 aliphatic carbocycles. The second-order valence-electron chi connectivity index (χ2n) is 15.6. The number of phosphoric acid groups is 1. The van der Waals surface area contributed by atoms with Gasteiger partial charge in [-0.05, 0) is 32.1 Å². The molecular weight excluding hydrogens is 711 g/mol. The molecule has 326 valence electrons. The molecule has 0 bridgehead atoms. The Morgan fingerprint density at radius 1 is 0.509 bits per heavy atom. The third-order valence-corrected chi connectivity index (χ3v) is 11.5. The van der Waals surface area contributed by atoms with E-state index in [-0.39, 0.29) is 44.3 Å². The maximum atomic E-state index is 13.3. The van der Waals surface area contributed by atoms with E-state index in [9.17, 15) is 14.2 Å². The van der Waals surface area contributed by atoms with Crippen LogP contribution < -0.4 is 10.6 Å². The van der Waals surface area contributed by atoms with Crippen LogP contribution in [0.15, 0.2) is 12.7 Å². The molecule has 0 heterocycles. The molecule has 0 aromatic heterocycles. The number of hydrogen-bond acceptors (Lipinski definition) is 7. The minimum atomic E-state index is -3.84. The minimum Gasteiger partial charge on any atom is -0.379 e. The normalized spacial score (nSPS) is 13.7. The summed E-state index contributed by atoms with van der Waals surface area (Å²) in [6.07, 6.45) is 35.2. The molecule has 0 aromatic carbocycles. The number of carbonyl (C=O) groups excluding carboxylic acids is 2. The van der Waals surface area contributed by atoms with Gasteiger partial charge in [0.05, 0.1) is 32.5 Å². The third-order valence-electron chi connectivity index (χ3n) is 10.1. The summed E-state index contributed by atoms with van der Waals surface area (Å²) in [5.74, 6) is 0.0583. The zero-order chi connectivity index (χ0) is 40.5. The summed E-state index contributed by atoms with van der Waals surface area (Å²) < 4.78 is 36.0. The van der Waals surface area contributed by atoms with Gasteiger partial charge in [0, 0.05) is 25.5 Å². The zero-order valence-corrected chi connectivity index (χ0v) is 37.4. The molecule has 1 unspecified atom stereocenters. The van der Waals surface area contributed by atoms with Crippen LogP contribution in [-0.2, 0) is 32.5 Å². The Balaban J connectivity index is 5.01. The average Bonchev–Trinajstić information content (AvgIpc) is 3.18. The van der Waals surface area contributed by atoms with E-state index in [1.807, 2.05) is 6.92 Å². The van der Waals surface area contributed by atoms with Crippen molar-refractivity contribution in [3.8, 4) is 0 Å². The average molecular weight is 801 g/mol. The van der Waals surface area contributed by atoms with Gasteiger partial charge in [-0.25, -0.2) is 4.57 Å². The molecule has 0 radical (unpaired) electrons. The van der Waals surface area contributed by atoms with E-state index in [2.05, 4.69) is 38.0 Å². The van der Waals surface area contributed by atoms with Crippen LogP contribution >= 0.6 is 7.82 Å². The molecule has 0 aliphatic heterocycles. The second-order valence-corrected chi connectivity index (χ2v) is 17.3. The van der Waals surface area contributed by atoms with Gasteiger partial charge in [-0.2, -0.15) is 0 Å². The quantitative estimate of drug-likeness (QED) is 0.0358. The molecule has 55 heavy (non-hydrogen) atoms. The first-order valence-electron chi connectivity index (χ1n) is 23.1. The van der Waals surface area contributed by atoms with Crippen LogP contribution in [0.4, 0.5) is 0 Å². The van der Waals surface area contributed by atoms with Crippen molar-refractivity contribution >= 4 is 19.6 Å². The van der Waals surface area contributed by atoms with Gasteiger partial charge in [0.2, 0.25) is 11.8 Å². The van der Waals surface area contributed by atoms with Crippen LogP contribution in [0.3, 0.4) is 0 Å². The van der Waals surface area contributed by atoms with Gasteiger partial charge in [-0.3, -0.25) is 23.2 Å². The van der Waals surface area contributed by atoms with Crippen LogP contribution in [0.1, 0.15) is 220 Å². The Hall–Kier alpha value is -1.25. The van der Waals surface area contributed by atoms with Gasteiger partial charge < -0.3 is 15.4 Å². The summed E-state index contributed by atoms with van der Waals surface area (Å²) in [6, 6.07) is -0.479. The van der Waals surface area contributed by atoms with Crippen molar-refractivity contribution in [3.05, 3.63) is 12.7 Å². The van der Waals surface area contributed by atoms with Crippen molar-refractivity contribution in [2.75, 3.05) is 33.0 Å². The summed E-state index contributed by atoms with van der Waals surface area (Å²) in [7, 11) is -3.84. The van der Waals surface area contributed by atoms with Crippen LogP contribution in [0.2, 0.25) is 0 Å². The fraction of sp³-hybridized carbons (Fsp3) is 0.911. The van der Waals surface area contributed by atoms with Gasteiger partial charge in [0.1, 0.15) is 0 Å². The van der Waals surface area contributed by atoms with Crippen molar-refractivity contribution in [1.29, 1.82) is 0 Å². The number of unbranched alkanes of at least 4 members (excludes halogenated alkanes) is 22. The molecule has 3 atom stereocenters. The summed E-state index contributed by atoms with van der Waals surface area (Å²) in [4.78, 5) is 26.0. The van der Waals surface area contributed by atoms with Crippen LogP contribution in [0, 0.1) is 0 Å². The van der Waals surface area contributed by atoms with Crippen molar-refractivity contribution in [2.45, 2.75) is 232 Å². The SMILES string of the molecule is C=CCOP(=O)(OCCC)OC[C@@H](COCC[C@H](CCCCCCC)NC(=O)CCCCCCCCCCC)NC(=O)CCCCCCCCCCCCC. The molecule has 0 fully saturated rings. The topological polar surface area (TPSA) is 112 Å². The summed E-state index contributed by atoms with van der Waals surface area (Å²) in [5.41, 5.74) is 0. The molecular formula is C45H89N2O7P. The van der Waals surface area contributed by atoms with Crippen molar-refractivity contribution in [1.82, 2.24) is 10.6 Å². The fourth-order valence-electron chi connectivity index (χ4n) is 6.65. The van der Waals surface area contributed by atoms with E-state index >= 15 is 0 Å². The highest BCUT2D eigenvalue weighted by atomic mass is 31.2. The molecule has 10 heteroatoms. The number of carbonyl (C=O) groups is 2. The Labute approximate surface area is 340 Å². The number of amides is 2. The van der Waals surface area contributed by atoms with Gasteiger partial charge in [0.25, 0.3) is 0 Å². The largest absolute Gasteiger partial charge is 0.475 e. The standard InChI is InChI=1S/C45H89N2O7P/c1-6-11-14-17-19-21-22-24-26-29-32-35-45(49)47-43(41-54-55(50,52-37-9-4)53-38-10-5)40-51-39-36-42(33-30-27-16-13-8-3)46-44(48)34-31-28-25-23-20-18-15-12-7-2/h9,42-43H,4,6-8,10-41H2,1-3,5H3,(H,46,48)(H,47,49)/t42-,43+,55?/m0/s1. The summed E-state index contributed by atoms with van der Waals surface area (Å²) >= 11 is 0. The number of nitrogens with one attached hydrogen (secondary N) is 2. The van der Waals surface area contributed by atoms with Gasteiger partial charge in [-0.1, -0.05) is 181 Å². The Kier molecular flexibility index (Phi) is 40.0. The van der Waals surface area contributed by atoms with Crippen molar-refractivity contribution in [2.24, 2.45) is 0 Å². The van der Waals surface area contributed by atoms with Crippen LogP contribution in [0.25, 0.3) is 0 Å². The predicted octanol–water partition coefficient (Wildman–Crippen LogP) is 13.1. The van der Waals surface area contributed by atoms with Crippen molar-refractivity contribution < 1.29 is 32.5 Å². The van der Waals surface area contributed by atoms with E-state index in [4.69, 9.17) is 18.3 Å². The van der Waals surface area contributed by atoms with E-state index < -0.39 is 13.9 Å². The molecule has 9 nitrogen and oxygen atoms in total. The van der Waals surface area contributed by atoms with Crippen LogP contribution in [-0.4, -0.2) is 56.9 Å². The lowest BCUT2D eigenvalue weighted by molar-refractivity contribution is -0.123. The fourth-order valence-corrected chi connectivity index (χ4v) is 7.93. The highest BCUT2D eigenvalue weighted by Gasteiger charge is 2.28. The van der Waals surface area contributed by atoms with E-state index in [0.29, 0.717) is 32.3 Å². The smallest absolute Gasteiger partial charge is 0.379 e. The highest BCUT2D eigenvalue weighted by molar-refractivity contribution is 7.48. The Morgan fingerprint density at radius 3 is 1.40 bits per heavy atom. The lowest BCUT2D eigenvalue weighted by atomic mass is 10.0. The monoisotopic (exact) mass is 801 g/mol. The molecule has 0 spiro atoms. The van der Waals surface area contributed by atoms with E-state index in [0.717, 1.165) is 51.4 Å². The number of phosphoric ester groups is 1. The number of rotatable bonds is 44. The molecule has 0 saturated carbocycles. The van der Waals surface area contributed by atoms with Crippen molar-refractivity contribution in [3.63, 3.8) is 0 Å². The molecule has 0 saturated heterocycles. The van der Waals surface area contributed by atoms with Gasteiger partial charge in [-0.15, -0.1) is 6.58 Å².